The zero-order valence-electron chi connectivity index (χ0n) is 10.2. The van der Waals surface area contributed by atoms with Gasteiger partial charge < -0.3 is 4.90 Å². The third-order valence-electron chi connectivity index (χ3n) is 2.55. The molecule has 17 heavy (non-hydrogen) atoms. The number of hydrogen-bond acceptors (Lipinski definition) is 4. The van der Waals surface area contributed by atoms with Gasteiger partial charge in [0.2, 0.25) is 0 Å². The van der Waals surface area contributed by atoms with Crippen LogP contribution in [0.5, 0.6) is 0 Å². The highest BCUT2D eigenvalue weighted by Gasteiger charge is 2.18. The largest absolute Gasteiger partial charge is 0.338 e. The van der Waals surface area contributed by atoms with Crippen LogP contribution in [0.2, 0.25) is 5.15 Å². The Morgan fingerprint density at radius 3 is 2.88 bits per heavy atom. The van der Waals surface area contributed by atoms with Crippen LogP contribution in [0.3, 0.4) is 0 Å². The van der Waals surface area contributed by atoms with Crippen molar-refractivity contribution in [2.75, 3.05) is 19.1 Å². The van der Waals surface area contributed by atoms with Crippen LogP contribution >= 0.6 is 23.4 Å². The summed E-state index contributed by atoms with van der Waals surface area (Å²) in [6, 6.07) is 0.177. The average Bonchev–Trinajstić information content (AvgIpc) is 2.34. The number of carbonyl (C=O) groups is 1. The van der Waals surface area contributed by atoms with E-state index in [4.69, 9.17) is 11.6 Å². The van der Waals surface area contributed by atoms with E-state index in [-0.39, 0.29) is 22.8 Å². The first-order valence-electron chi connectivity index (χ1n) is 5.30. The van der Waals surface area contributed by atoms with E-state index in [1.807, 2.05) is 6.92 Å². The summed E-state index contributed by atoms with van der Waals surface area (Å²) in [4.78, 5) is 21.6. The SMILES string of the molecule is CSCCC(C)N(C)C(=O)c1cncc(Cl)n1. The van der Waals surface area contributed by atoms with Crippen LogP contribution in [0.15, 0.2) is 12.4 Å². The maximum Gasteiger partial charge on any atom is 0.274 e. The predicted octanol–water partition coefficient (Wildman–Crippen LogP) is 2.34. The second kappa shape index (κ2) is 6.81. The summed E-state index contributed by atoms with van der Waals surface area (Å²) < 4.78 is 0. The molecule has 1 atom stereocenters. The quantitative estimate of drug-likeness (QED) is 0.826. The molecule has 94 valence electrons. The molecule has 1 aromatic rings. The highest BCUT2D eigenvalue weighted by molar-refractivity contribution is 7.98. The first kappa shape index (κ1) is 14.3. The van der Waals surface area contributed by atoms with Gasteiger partial charge in [0.15, 0.2) is 0 Å². The number of thioether (sulfide) groups is 1. The molecule has 1 rings (SSSR count). The van der Waals surface area contributed by atoms with Crippen molar-refractivity contribution >= 4 is 29.3 Å². The standard InChI is InChI=1S/C11H16ClN3OS/c1-8(4-5-17-3)15(2)11(16)9-6-13-7-10(12)14-9/h6-8H,4-5H2,1-3H3. The van der Waals surface area contributed by atoms with Crippen LogP contribution in [-0.4, -0.2) is 45.9 Å². The Bertz CT molecular complexity index is 389. The number of hydrogen-bond donors (Lipinski definition) is 0. The Kier molecular flexibility index (Phi) is 5.71. The van der Waals surface area contributed by atoms with Crippen LogP contribution in [0.4, 0.5) is 0 Å². The monoisotopic (exact) mass is 273 g/mol. The van der Waals surface area contributed by atoms with Crippen molar-refractivity contribution < 1.29 is 4.79 Å². The molecule has 0 aliphatic carbocycles. The summed E-state index contributed by atoms with van der Waals surface area (Å²) in [7, 11) is 1.77. The first-order valence-corrected chi connectivity index (χ1v) is 7.07. The van der Waals surface area contributed by atoms with Crippen molar-refractivity contribution in [2.24, 2.45) is 0 Å². The molecule has 6 heteroatoms. The molecule has 0 radical (unpaired) electrons. The van der Waals surface area contributed by atoms with Gasteiger partial charge in [-0.05, 0) is 25.4 Å². The summed E-state index contributed by atoms with van der Waals surface area (Å²) in [5.74, 6) is 0.883. The highest BCUT2D eigenvalue weighted by atomic mass is 35.5. The Labute approximate surface area is 111 Å². The highest BCUT2D eigenvalue weighted by Crippen LogP contribution is 2.10. The number of aromatic nitrogens is 2. The van der Waals surface area contributed by atoms with Crippen molar-refractivity contribution in [2.45, 2.75) is 19.4 Å². The van der Waals surface area contributed by atoms with Gasteiger partial charge in [0.25, 0.3) is 5.91 Å². The maximum atomic E-state index is 12.1. The lowest BCUT2D eigenvalue weighted by Gasteiger charge is -2.24. The van der Waals surface area contributed by atoms with E-state index >= 15 is 0 Å². The van der Waals surface area contributed by atoms with Crippen molar-refractivity contribution in [1.29, 1.82) is 0 Å². The minimum absolute atomic E-state index is 0.145. The molecule has 1 amide bonds. The van der Waals surface area contributed by atoms with Gasteiger partial charge in [-0.15, -0.1) is 0 Å². The first-order chi connectivity index (χ1) is 8.06. The average molecular weight is 274 g/mol. The molecule has 1 unspecified atom stereocenters. The van der Waals surface area contributed by atoms with Crippen LogP contribution in [0.1, 0.15) is 23.8 Å². The summed E-state index contributed by atoms with van der Waals surface area (Å²) in [6.07, 6.45) is 5.86. The molecule has 0 bridgehead atoms. The maximum absolute atomic E-state index is 12.1. The zero-order valence-corrected chi connectivity index (χ0v) is 11.8. The minimum Gasteiger partial charge on any atom is -0.338 e. The molecular formula is C11H16ClN3OS. The second-order valence-electron chi connectivity index (χ2n) is 3.77. The van der Waals surface area contributed by atoms with Gasteiger partial charge in [-0.3, -0.25) is 9.78 Å². The second-order valence-corrected chi connectivity index (χ2v) is 5.15. The fraction of sp³-hybridized carbons (Fsp3) is 0.545. The molecule has 0 saturated heterocycles. The van der Waals surface area contributed by atoms with Gasteiger partial charge in [0.05, 0.1) is 12.4 Å². The smallest absolute Gasteiger partial charge is 0.274 e. The van der Waals surface area contributed by atoms with Gasteiger partial charge in [0, 0.05) is 13.1 Å². The molecule has 0 N–H and O–H groups in total. The molecule has 0 saturated carbocycles. The molecule has 0 fully saturated rings. The Morgan fingerprint density at radius 2 is 2.29 bits per heavy atom. The minimum atomic E-state index is -0.145. The van der Waals surface area contributed by atoms with Crippen LogP contribution in [-0.2, 0) is 0 Å². The van der Waals surface area contributed by atoms with Gasteiger partial charge in [-0.1, -0.05) is 11.6 Å². The van der Waals surface area contributed by atoms with Gasteiger partial charge >= 0.3 is 0 Å². The number of rotatable bonds is 5. The van der Waals surface area contributed by atoms with E-state index < -0.39 is 0 Å². The van der Waals surface area contributed by atoms with Crippen LogP contribution < -0.4 is 0 Å². The molecule has 0 aliphatic rings. The molecule has 4 nitrogen and oxygen atoms in total. The molecule has 1 aromatic heterocycles. The van der Waals surface area contributed by atoms with Crippen LogP contribution in [0, 0.1) is 0 Å². The van der Waals surface area contributed by atoms with E-state index in [1.54, 1.807) is 23.7 Å². The molecule has 0 aromatic carbocycles. The lowest BCUT2D eigenvalue weighted by Crippen LogP contribution is -2.36. The molecule has 0 spiro atoms. The Morgan fingerprint density at radius 1 is 1.59 bits per heavy atom. The topological polar surface area (TPSA) is 46.1 Å². The zero-order chi connectivity index (χ0) is 12.8. The van der Waals surface area contributed by atoms with Crippen molar-refractivity contribution in [3.63, 3.8) is 0 Å². The lowest BCUT2D eigenvalue weighted by atomic mass is 10.2. The van der Waals surface area contributed by atoms with Crippen molar-refractivity contribution in [1.82, 2.24) is 14.9 Å². The van der Waals surface area contributed by atoms with Gasteiger partial charge in [0.1, 0.15) is 10.8 Å². The van der Waals surface area contributed by atoms with Gasteiger partial charge in [-0.2, -0.15) is 11.8 Å². The van der Waals surface area contributed by atoms with E-state index in [1.165, 1.54) is 12.4 Å². The lowest BCUT2D eigenvalue weighted by molar-refractivity contribution is 0.0735. The third kappa shape index (κ3) is 4.16. The van der Waals surface area contributed by atoms with E-state index in [9.17, 15) is 4.79 Å². The van der Waals surface area contributed by atoms with Crippen molar-refractivity contribution in [3.8, 4) is 0 Å². The fourth-order valence-electron chi connectivity index (χ4n) is 1.31. The third-order valence-corrected chi connectivity index (χ3v) is 3.37. The van der Waals surface area contributed by atoms with E-state index in [2.05, 4.69) is 16.2 Å². The van der Waals surface area contributed by atoms with E-state index in [0.717, 1.165) is 12.2 Å². The normalized spacial score (nSPS) is 12.2. The number of nitrogens with zero attached hydrogens (tertiary/aromatic N) is 3. The van der Waals surface area contributed by atoms with Crippen molar-refractivity contribution in [3.05, 3.63) is 23.2 Å². The number of amides is 1. The van der Waals surface area contributed by atoms with Gasteiger partial charge in [-0.25, -0.2) is 4.98 Å². The predicted molar refractivity (Wildman–Crippen MR) is 71.6 cm³/mol. The molecular weight excluding hydrogens is 258 g/mol. The summed E-state index contributed by atoms with van der Waals surface area (Å²) >= 11 is 7.48. The Hall–Kier alpha value is -0.810. The number of halogens is 1. The molecule has 0 aliphatic heterocycles. The summed E-state index contributed by atoms with van der Waals surface area (Å²) in [6.45, 7) is 2.02. The Balaban J connectivity index is 2.69. The van der Waals surface area contributed by atoms with E-state index in [0.29, 0.717) is 0 Å². The number of carbonyl (C=O) groups excluding carboxylic acids is 1. The summed E-state index contributed by atoms with van der Waals surface area (Å²) in [5.41, 5.74) is 0.288. The van der Waals surface area contributed by atoms with Crippen LogP contribution in [0.25, 0.3) is 0 Å². The summed E-state index contributed by atoms with van der Waals surface area (Å²) in [5, 5.41) is 0.237. The molecule has 1 heterocycles. The fourth-order valence-corrected chi connectivity index (χ4v) is 2.03.